The highest BCUT2D eigenvalue weighted by Gasteiger charge is 2.21. The van der Waals surface area contributed by atoms with Gasteiger partial charge in [-0.3, -0.25) is 0 Å². The Labute approximate surface area is 89.4 Å². The third-order valence-corrected chi connectivity index (χ3v) is 2.95. The number of fused-ring (bicyclic) bond motifs is 1. The summed E-state index contributed by atoms with van der Waals surface area (Å²) in [7, 11) is 1.70. The average Bonchev–Trinajstić information content (AvgIpc) is 2.27. The summed E-state index contributed by atoms with van der Waals surface area (Å²) in [5, 5.41) is 3.12. The molecule has 15 heavy (non-hydrogen) atoms. The number of benzene rings is 1. The zero-order valence-electron chi connectivity index (χ0n) is 8.92. The first-order chi connectivity index (χ1) is 7.33. The number of methoxy groups -OCH3 is 1. The van der Waals surface area contributed by atoms with Crippen molar-refractivity contribution in [2.24, 2.45) is 0 Å². The topological polar surface area (TPSA) is 21.3 Å². The number of para-hydroxylation sites is 1. The molecule has 0 aliphatic carbocycles. The van der Waals surface area contributed by atoms with Crippen molar-refractivity contribution in [3.05, 3.63) is 29.6 Å². The highest BCUT2D eigenvalue weighted by atomic mass is 19.1. The van der Waals surface area contributed by atoms with Crippen LogP contribution >= 0.6 is 0 Å². The molecule has 0 saturated carbocycles. The molecule has 1 atom stereocenters. The smallest absolute Gasteiger partial charge is 0.146 e. The molecule has 1 aromatic rings. The Kier molecular flexibility index (Phi) is 3.21. The van der Waals surface area contributed by atoms with Crippen LogP contribution in [-0.4, -0.2) is 20.3 Å². The van der Waals surface area contributed by atoms with Gasteiger partial charge in [-0.1, -0.05) is 12.1 Å². The van der Waals surface area contributed by atoms with Gasteiger partial charge in [-0.15, -0.1) is 0 Å². The predicted molar refractivity (Wildman–Crippen MR) is 58.7 cm³/mol. The molecule has 1 unspecified atom stereocenters. The second kappa shape index (κ2) is 4.62. The van der Waals surface area contributed by atoms with Crippen LogP contribution < -0.4 is 5.32 Å². The van der Waals surface area contributed by atoms with E-state index in [9.17, 15) is 4.39 Å². The highest BCUT2D eigenvalue weighted by molar-refractivity contribution is 5.55. The van der Waals surface area contributed by atoms with Crippen molar-refractivity contribution in [2.45, 2.75) is 18.8 Å². The van der Waals surface area contributed by atoms with Gasteiger partial charge in [-0.25, -0.2) is 4.39 Å². The predicted octanol–water partition coefficient (Wildman–Crippen LogP) is 2.76. The zero-order valence-corrected chi connectivity index (χ0v) is 8.92. The first-order valence-electron chi connectivity index (χ1n) is 5.34. The summed E-state index contributed by atoms with van der Waals surface area (Å²) in [5.41, 5.74) is 1.78. The normalized spacial score (nSPS) is 19.5. The van der Waals surface area contributed by atoms with Crippen LogP contribution in [0.25, 0.3) is 0 Å². The van der Waals surface area contributed by atoms with Gasteiger partial charge in [0.25, 0.3) is 0 Å². The fourth-order valence-corrected chi connectivity index (χ4v) is 2.15. The quantitative estimate of drug-likeness (QED) is 0.826. The van der Waals surface area contributed by atoms with Gasteiger partial charge in [-0.05, 0) is 30.4 Å². The van der Waals surface area contributed by atoms with E-state index < -0.39 is 0 Å². The van der Waals surface area contributed by atoms with Crippen molar-refractivity contribution in [1.82, 2.24) is 0 Å². The molecule has 0 saturated heterocycles. The molecular formula is C12H16FNO. The summed E-state index contributed by atoms with van der Waals surface area (Å²) in [6.07, 6.45) is 2.02. The van der Waals surface area contributed by atoms with Crippen molar-refractivity contribution < 1.29 is 9.13 Å². The van der Waals surface area contributed by atoms with Crippen LogP contribution in [0, 0.1) is 5.82 Å². The fraction of sp³-hybridized carbons (Fsp3) is 0.500. The summed E-state index contributed by atoms with van der Waals surface area (Å²) < 4.78 is 18.5. The van der Waals surface area contributed by atoms with E-state index in [1.54, 1.807) is 13.2 Å². The van der Waals surface area contributed by atoms with E-state index in [1.165, 1.54) is 6.07 Å². The maximum atomic E-state index is 13.5. The molecule has 0 bridgehead atoms. The summed E-state index contributed by atoms with van der Waals surface area (Å²) in [6, 6.07) is 5.29. The Morgan fingerprint density at radius 1 is 1.53 bits per heavy atom. The number of nitrogens with one attached hydrogen (secondary N) is 1. The van der Waals surface area contributed by atoms with Crippen LogP contribution in [0.1, 0.15) is 24.3 Å². The molecule has 1 aromatic carbocycles. The van der Waals surface area contributed by atoms with Gasteiger partial charge >= 0.3 is 0 Å². The van der Waals surface area contributed by atoms with Crippen LogP contribution in [0.4, 0.5) is 10.1 Å². The molecule has 2 nitrogen and oxygen atoms in total. The zero-order chi connectivity index (χ0) is 10.7. The molecule has 0 fully saturated rings. The lowest BCUT2D eigenvalue weighted by molar-refractivity contribution is 0.186. The lowest BCUT2D eigenvalue weighted by atomic mass is 9.88. The number of anilines is 1. The van der Waals surface area contributed by atoms with Crippen molar-refractivity contribution >= 4 is 5.69 Å². The third-order valence-electron chi connectivity index (χ3n) is 2.95. The molecular weight excluding hydrogens is 193 g/mol. The standard InChI is InChI=1S/C12H16FNO/c1-15-8-6-9-5-7-14-12-10(9)3-2-4-11(12)13/h2-4,9,14H,5-8H2,1H3. The Morgan fingerprint density at radius 3 is 3.20 bits per heavy atom. The second-order valence-corrected chi connectivity index (χ2v) is 3.90. The number of hydrogen-bond donors (Lipinski definition) is 1. The Balaban J connectivity index is 2.22. The average molecular weight is 209 g/mol. The maximum absolute atomic E-state index is 13.5. The molecule has 0 amide bonds. The van der Waals surface area contributed by atoms with Crippen LogP contribution in [0.3, 0.4) is 0 Å². The molecule has 1 aliphatic heterocycles. The summed E-state index contributed by atoms with van der Waals surface area (Å²) in [6.45, 7) is 1.59. The van der Waals surface area contributed by atoms with Gasteiger partial charge in [0.2, 0.25) is 0 Å². The van der Waals surface area contributed by atoms with E-state index in [1.807, 2.05) is 6.07 Å². The maximum Gasteiger partial charge on any atom is 0.146 e. The van der Waals surface area contributed by atoms with Gasteiger partial charge in [0.05, 0.1) is 5.69 Å². The van der Waals surface area contributed by atoms with Crippen LogP contribution in [0.2, 0.25) is 0 Å². The minimum absolute atomic E-state index is 0.144. The van der Waals surface area contributed by atoms with Crippen molar-refractivity contribution in [1.29, 1.82) is 0 Å². The van der Waals surface area contributed by atoms with E-state index in [0.717, 1.165) is 31.6 Å². The Bertz CT molecular complexity index is 340. The van der Waals surface area contributed by atoms with Crippen molar-refractivity contribution in [3.8, 4) is 0 Å². The second-order valence-electron chi connectivity index (χ2n) is 3.90. The Hall–Kier alpha value is -1.09. The molecule has 0 aromatic heterocycles. The molecule has 0 spiro atoms. The molecule has 3 heteroatoms. The van der Waals surface area contributed by atoms with Gasteiger partial charge in [-0.2, -0.15) is 0 Å². The number of hydrogen-bond acceptors (Lipinski definition) is 2. The highest BCUT2D eigenvalue weighted by Crippen LogP contribution is 2.35. The van der Waals surface area contributed by atoms with Gasteiger partial charge < -0.3 is 10.1 Å². The first kappa shape index (κ1) is 10.4. The molecule has 1 heterocycles. The van der Waals surface area contributed by atoms with E-state index in [2.05, 4.69) is 5.32 Å². The van der Waals surface area contributed by atoms with Crippen molar-refractivity contribution in [3.63, 3.8) is 0 Å². The number of ether oxygens (including phenoxy) is 1. The lowest BCUT2D eigenvalue weighted by Gasteiger charge is -2.26. The van der Waals surface area contributed by atoms with Crippen molar-refractivity contribution in [2.75, 3.05) is 25.6 Å². The van der Waals surface area contributed by atoms with E-state index >= 15 is 0 Å². The largest absolute Gasteiger partial charge is 0.385 e. The summed E-state index contributed by atoms with van der Waals surface area (Å²) in [5.74, 6) is 0.284. The van der Waals surface area contributed by atoms with E-state index in [4.69, 9.17) is 4.74 Å². The first-order valence-corrected chi connectivity index (χ1v) is 5.34. The Morgan fingerprint density at radius 2 is 2.40 bits per heavy atom. The van der Waals surface area contributed by atoms with Gasteiger partial charge in [0.1, 0.15) is 5.82 Å². The minimum Gasteiger partial charge on any atom is -0.385 e. The van der Waals surface area contributed by atoms with E-state index in [-0.39, 0.29) is 5.82 Å². The fourth-order valence-electron chi connectivity index (χ4n) is 2.15. The third kappa shape index (κ3) is 2.12. The van der Waals surface area contributed by atoms with Crippen LogP contribution in [0.15, 0.2) is 18.2 Å². The van der Waals surface area contributed by atoms with E-state index in [0.29, 0.717) is 11.6 Å². The number of rotatable bonds is 3. The van der Waals surface area contributed by atoms with Gasteiger partial charge in [0.15, 0.2) is 0 Å². The number of halogens is 1. The molecule has 0 radical (unpaired) electrons. The molecule has 2 rings (SSSR count). The summed E-state index contributed by atoms with van der Waals surface area (Å²) >= 11 is 0. The van der Waals surface area contributed by atoms with Gasteiger partial charge in [0, 0.05) is 20.3 Å². The molecule has 1 N–H and O–H groups in total. The summed E-state index contributed by atoms with van der Waals surface area (Å²) in [4.78, 5) is 0. The molecule has 82 valence electrons. The monoisotopic (exact) mass is 209 g/mol. The lowest BCUT2D eigenvalue weighted by Crippen LogP contribution is -2.19. The molecule has 1 aliphatic rings. The SMILES string of the molecule is COCCC1CCNc2c(F)cccc21. The van der Waals surface area contributed by atoms with Crippen LogP contribution in [0.5, 0.6) is 0 Å². The van der Waals surface area contributed by atoms with Crippen LogP contribution in [-0.2, 0) is 4.74 Å². The minimum atomic E-state index is -0.144.